The smallest absolute Gasteiger partial charge is 0.317 e. The molecule has 212 valence electrons. The van der Waals surface area contributed by atoms with E-state index < -0.39 is 22.0 Å². The Kier molecular flexibility index (Phi) is 7.07. The first-order chi connectivity index (χ1) is 19.8. The van der Waals surface area contributed by atoms with E-state index in [1.165, 1.54) is 6.07 Å². The summed E-state index contributed by atoms with van der Waals surface area (Å²) in [5, 5.41) is 5.18. The first-order valence-electron chi connectivity index (χ1n) is 14.1. The molecule has 0 radical (unpaired) electrons. The Balaban J connectivity index is 1.35. The maximum Gasteiger partial charge on any atom is 0.317 e. The molecule has 4 aromatic rings. The molecule has 6 rings (SSSR count). The highest BCUT2D eigenvalue weighted by Gasteiger charge is 2.40. The second-order valence-electron chi connectivity index (χ2n) is 10.7. The fourth-order valence-electron chi connectivity index (χ4n) is 5.91. The number of hydrogen-bond acceptors (Lipinski definition) is 6. The fourth-order valence-corrected chi connectivity index (χ4v) is 7.18. The fraction of sp³-hybridized carbons (Fsp3) is 0.312. The Morgan fingerprint density at radius 1 is 0.976 bits per heavy atom. The second-order valence-corrected chi connectivity index (χ2v) is 12.3. The predicted octanol–water partition coefficient (Wildman–Crippen LogP) is 6.74. The zero-order valence-electron chi connectivity index (χ0n) is 23.0. The molecule has 0 bridgehead atoms. The van der Waals surface area contributed by atoms with Crippen molar-refractivity contribution in [3.63, 3.8) is 0 Å². The summed E-state index contributed by atoms with van der Waals surface area (Å²) in [7, 11) is -4.09. The van der Waals surface area contributed by atoms with Crippen molar-refractivity contribution in [3.05, 3.63) is 71.8 Å². The molecule has 2 aliphatic rings. The first kappa shape index (κ1) is 27.1. The van der Waals surface area contributed by atoms with Gasteiger partial charge < -0.3 is 14.8 Å². The van der Waals surface area contributed by atoms with Crippen molar-refractivity contribution < 1.29 is 27.5 Å². The number of amides is 1. The van der Waals surface area contributed by atoms with Gasteiger partial charge in [-0.15, -0.1) is 0 Å². The summed E-state index contributed by atoms with van der Waals surface area (Å²) in [6.07, 6.45) is 4.77. The maximum atomic E-state index is 13.9. The van der Waals surface area contributed by atoms with Crippen molar-refractivity contribution in [1.82, 2.24) is 0 Å². The van der Waals surface area contributed by atoms with Crippen molar-refractivity contribution in [2.45, 2.75) is 62.9 Å². The number of ether oxygens (including phenoxy) is 2. The summed E-state index contributed by atoms with van der Waals surface area (Å²) in [5.74, 6) is -0.746. The van der Waals surface area contributed by atoms with Crippen molar-refractivity contribution in [3.8, 4) is 5.75 Å². The molecular formula is C32H32N2O6S. The molecule has 4 aromatic carbocycles. The topological polar surface area (TPSA) is 111 Å². The van der Waals surface area contributed by atoms with E-state index in [4.69, 9.17) is 9.47 Å². The highest BCUT2D eigenvalue weighted by Crippen LogP contribution is 2.47. The van der Waals surface area contributed by atoms with Gasteiger partial charge in [-0.3, -0.25) is 14.3 Å². The number of nitrogens with one attached hydrogen (secondary N) is 2. The Morgan fingerprint density at radius 2 is 1.73 bits per heavy atom. The SMILES string of the molecule is CCCCCCCOC(=O)C1c2cc(NS(=O)(=O)c3ccc4c5c(cccc35)C(=O)N4)c3ccccc3c2OC1C. The third-order valence-corrected chi connectivity index (χ3v) is 9.33. The van der Waals surface area contributed by atoms with Crippen LogP contribution in [0.5, 0.6) is 5.75 Å². The molecule has 2 unspecified atom stereocenters. The number of fused-ring (bicyclic) bond motifs is 3. The van der Waals surface area contributed by atoms with Crippen LogP contribution < -0.4 is 14.8 Å². The summed E-state index contributed by atoms with van der Waals surface area (Å²) in [5.41, 5.74) is 1.96. The molecular weight excluding hydrogens is 540 g/mol. The van der Waals surface area contributed by atoms with Gasteiger partial charge in [0.15, 0.2) is 0 Å². The minimum atomic E-state index is -4.09. The monoisotopic (exact) mass is 572 g/mol. The molecule has 0 fully saturated rings. The number of benzene rings is 4. The Hall–Kier alpha value is -4.11. The summed E-state index contributed by atoms with van der Waals surface area (Å²) >= 11 is 0. The Morgan fingerprint density at radius 3 is 2.54 bits per heavy atom. The van der Waals surface area contributed by atoms with Crippen LogP contribution in [0, 0.1) is 0 Å². The summed E-state index contributed by atoms with van der Waals surface area (Å²) < 4.78 is 42.3. The number of rotatable bonds is 10. The zero-order chi connectivity index (χ0) is 28.7. The van der Waals surface area contributed by atoms with Crippen LogP contribution >= 0.6 is 0 Å². The van der Waals surface area contributed by atoms with Crippen LogP contribution in [0.4, 0.5) is 11.4 Å². The summed E-state index contributed by atoms with van der Waals surface area (Å²) in [4.78, 5) is 25.7. The van der Waals surface area contributed by atoms with Crippen LogP contribution in [0.1, 0.15) is 67.8 Å². The van der Waals surface area contributed by atoms with Gasteiger partial charge in [-0.1, -0.05) is 69.0 Å². The Bertz CT molecular complexity index is 1800. The predicted molar refractivity (Wildman–Crippen MR) is 159 cm³/mol. The van der Waals surface area contributed by atoms with Crippen molar-refractivity contribution in [1.29, 1.82) is 0 Å². The molecule has 9 heteroatoms. The highest BCUT2D eigenvalue weighted by molar-refractivity contribution is 7.93. The third-order valence-electron chi connectivity index (χ3n) is 7.91. The third kappa shape index (κ3) is 4.78. The van der Waals surface area contributed by atoms with E-state index in [9.17, 15) is 18.0 Å². The number of unbranched alkanes of at least 4 members (excludes halogenated alkanes) is 4. The van der Waals surface area contributed by atoms with E-state index in [2.05, 4.69) is 17.0 Å². The lowest BCUT2D eigenvalue weighted by molar-refractivity contribution is -0.147. The quantitative estimate of drug-likeness (QED) is 0.161. The summed E-state index contributed by atoms with van der Waals surface area (Å²) in [6, 6.07) is 17.2. The van der Waals surface area contributed by atoms with Crippen LogP contribution in [-0.2, 0) is 19.6 Å². The number of carbonyl (C=O) groups excluding carboxylic acids is 2. The van der Waals surface area contributed by atoms with Gasteiger partial charge in [0, 0.05) is 38.4 Å². The van der Waals surface area contributed by atoms with Gasteiger partial charge in [0.1, 0.15) is 17.8 Å². The molecule has 1 amide bonds. The lowest BCUT2D eigenvalue weighted by Crippen LogP contribution is -2.25. The minimum absolute atomic E-state index is 0.0582. The molecule has 0 aromatic heterocycles. The molecule has 2 N–H and O–H groups in total. The average Bonchev–Trinajstić information content (AvgIpc) is 3.47. The van der Waals surface area contributed by atoms with Gasteiger partial charge in [-0.25, -0.2) is 8.42 Å². The number of anilines is 2. The van der Waals surface area contributed by atoms with Crippen LogP contribution in [0.2, 0.25) is 0 Å². The second kappa shape index (κ2) is 10.7. The van der Waals surface area contributed by atoms with Gasteiger partial charge in [-0.05, 0) is 37.6 Å². The standard InChI is InChI=1S/C32H32N2O6S/c1-3-4-5-6-9-17-39-32(36)28-19(2)40-30-21-12-8-7-11-20(21)26(18-24(28)30)34-41(37,38)27-16-15-25-29-22(27)13-10-14-23(29)31(35)33-25/h7-8,10-16,18-19,28,34H,3-6,9,17H2,1-2H3,(H,33,35). The van der Waals surface area contributed by atoms with E-state index in [-0.39, 0.29) is 16.8 Å². The molecule has 0 spiro atoms. The van der Waals surface area contributed by atoms with Gasteiger partial charge in [0.2, 0.25) is 0 Å². The largest absolute Gasteiger partial charge is 0.488 e. The summed E-state index contributed by atoms with van der Waals surface area (Å²) in [6.45, 7) is 4.33. The van der Waals surface area contributed by atoms with E-state index in [1.807, 2.05) is 31.2 Å². The van der Waals surface area contributed by atoms with Crippen LogP contribution in [0.15, 0.2) is 65.6 Å². The Labute approximate surface area is 239 Å². The molecule has 0 saturated heterocycles. The van der Waals surface area contributed by atoms with Crippen LogP contribution in [0.25, 0.3) is 21.5 Å². The molecule has 2 heterocycles. The van der Waals surface area contributed by atoms with Crippen molar-refractivity contribution in [2.75, 3.05) is 16.6 Å². The number of sulfonamides is 1. The zero-order valence-corrected chi connectivity index (χ0v) is 23.8. The molecule has 0 saturated carbocycles. The normalized spacial score (nSPS) is 17.4. The van der Waals surface area contributed by atoms with Crippen molar-refractivity contribution in [2.24, 2.45) is 0 Å². The lowest BCUT2D eigenvalue weighted by atomic mass is 9.93. The number of hydrogen-bond donors (Lipinski definition) is 2. The maximum absolute atomic E-state index is 13.9. The lowest BCUT2D eigenvalue weighted by Gasteiger charge is -2.16. The van der Waals surface area contributed by atoms with E-state index in [0.717, 1.165) is 32.1 Å². The van der Waals surface area contributed by atoms with Gasteiger partial charge in [0.25, 0.3) is 15.9 Å². The first-order valence-corrected chi connectivity index (χ1v) is 15.6. The van der Waals surface area contributed by atoms with Crippen LogP contribution in [0.3, 0.4) is 0 Å². The molecule has 0 aliphatic carbocycles. The van der Waals surface area contributed by atoms with E-state index in [1.54, 1.807) is 30.3 Å². The van der Waals surface area contributed by atoms with E-state index >= 15 is 0 Å². The van der Waals surface area contributed by atoms with Gasteiger partial charge in [-0.2, -0.15) is 0 Å². The van der Waals surface area contributed by atoms with Crippen LogP contribution in [-0.4, -0.2) is 33.0 Å². The number of esters is 1. The average molecular weight is 573 g/mol. The van der Waals surface area contributed by atoms with Gasteiger partial charge in [0.05, 0.1) is 17.2 Å². The molecule has 2 aliphatic heterocycles. The molecule has 2 atom stereocenters. The number of carbonyl (C=O) groups is 2. The minimum Gasteiger partial charge on any atom is -0.488 e. The van der Waals surface area contributed by atoms with E-state index in [0.29, 0.717) is 56.4 Å². The molecule has 41 heavy (non-hydrogen) atoms. The molecule has 8 nitrogen and oxygen atoms in total. The highest BCUT2D eigenvalue weighted by atomic mass is 32.2. The van der Waals surface area contributed by atoms with Crippen molar-refractivity contribution >= 4 is 54.8 Å². The van der Waals surface area contributed by atoms with Gasteiger partial charge >= 0.3 is 5.97 Å².